The smallest absolute Gasteiger partial charge is 0.156 e. The Balaban J connectivity index is 2.14. The van der Waals surface area contributed by atoms with Gasteiger partial charge < -0.3 is 5.11 Å². The van der Waals surface area contributed by atoms with E-state index in [-0.39, 0.29) is 17.3 Å². The summed E-state index contributed by atoms with van der Waals surface area (Å²) in [5.74, 6) is 1.10. The van der Waals surface area contributed by atoms with Crippen LogP contribution in [-0.2, 0) is 4.79 Å². The number of hydrogen-bond donors (Lipinski definition) is 1. The molecule has 3 aliphatic rings. The van der Waals surface area contributed by atoms with Crippen LogP contribution in [0.4, 0.5) is 0 Å². The predicted octanol–water partition coefficient (Wildman–Crippen LogP) is 2.92. The lowest BCUT2D eigenvalue weighted by molar-refractivity contribution is -0.133. The Labute approximate surface area is 111 Å². The van der Waals surface area contributed by atoms with Crippen molar-refractivity contribution in [1.82, 2.24) is 0 Å². The summed E-state index contributed by atoms with van der Waals surface area (Å²) >= 11 is 3.73. The molecule has 1 unspecified atom stereocenters. The van der Waals surface area contributed by atoms with Crippen LogP contribution < -0.4 is 0 Å². The first-order chi connectivity index (χ1) is 7.77. The van der Waals surface area contributed by atoms with Crippen LogP contribution in [0.5, 0.6) is 0 Å². The number of hydrogen-bond acceptors (Lipinski definition) is 2. The van der Waals surface area contributed by atoms with Gasteiger partial charge in [-0.3, -0.25) is 4.79 Å². The highest BCUT2D eigenvalue weighted by atomic mass is 79.9. The summed E-state index contributed by atoms with van der Waals surface area (Å²) in [4.78, 5) is 12.6. The van der Waals surface area contributed by atoms with Crippen molar-refractivity contribution in [2.24, 2.45) is 23.2 Å². The van der Waals surface area contributed by atoms with Crippen molar-refractivity contribution in [2.45, 2.75) is 56.4 Å². The molecular formula is C14H21BrO2. The average Bonchev–Trinajstić information content (AvgIpc) is 2.68. The molecule has 0 heterocycles. The van der Waals surface area contributed by atoms with Crippen molar-refractivity contribution in [3.8, 4) is 0 Å². The summed E-state index contributed by atoms with van der Waals surface area (Å²) in [6.45, 7) is 6.29. The largest absolute Gasteiger partial charge is 0.389 e. The molecule has 3 heteroatoms. The molecule has 0 aromatic rings. The van der Waals surface area contributed by atoms with E-state index < -0.39 is 9.93 Å². The molecule has 3 rings (SSSR count). The van der Waals surface area contributed by atoms with Gasteiger partial charge in [0.05, 0.1) is 9.93 Å². The lowest BCUT2D eigenvalue weighted by Gasteiger charge is -2.47. The third-order valence-electron chi connectivity index (χ3n) is 6.01. The Kier molecular flexibility index (Phi) is 2.26. The molecule has 17 heavy (non-hydrogen) atoms. The van der Waals surface area contributed by atoms with Gasteiger partial charge in [-0.05, 0) is 37.5 Å². The molecule has 0 aromatic carbocycles. The van der Waals surface area contributed by atoms with Crippen LogP contribution >= 0.6 is 15.9 Å². The molecule has 1 N–H and O–H groups in total. The van der Waals surface area contributed by atoms with E-state index >= 15 is 0 Å². The van der Waals surface area contributed by atoms with Crippen LogP contribution in [0, 0.1) is 23.2 Å². The Hall–Kier alpha value is 0.110. The molecule has 0 amide bonds. The van der Waals surface area contributed by atoms with E-state index in [2.05, 4.69) is 36.7 Å². The number of alkyl halides is 1. The second-order valence-electron chi connectivity index (χ2n) is 6.88. The standard InChI is InChI=1S/C14H21BrO2/c1-8(2)14(17)7-6-12(3)9-4-5-13(15,10(9)14)11(12)16/h8-10,17H,4-7H2,1-3H3/t9-,10-,12+,13-,14?/m0/s1. The summed E-state index contributed by atoms with van der Waals surface area (Å²) in [7, 11) is 0. The zero-order chi connectivity index (χ0) is 12.6. The van der Waals surface area contributed by atoms with E-state index in [4.69, 9.17) is 0 Å². The van der Waals surface area contributed by atoms with Gasteiger partial charge in [-0.1, -0.05) is 36.7 Å². The molecule has 4 bridgehead atoms. The lowest BCUT2D eigenvalue weighted by Crippen LogP contribution is -2.52. The molecule has 2 nitrogen and oxygen atoms in total. The Bertz CT molecular complexity index is 394. The van der Waals surface area contributed by atoms with Crippen molar-refractivity contribution >= 4 is 21.7 Å². The summed E-state index contributed by atoms with van der Waals surface area (Å²) in [5.41, 5.74) is -0.829. The summed E-state index contributed by atoms with van der Waals surface area (Å²) in [6, 6.07) is 0. The van der Waals surface area contributed by atoms with Gasteiger partial charge in [0.1, 0.15) is 0 Å². The van der Waals surface area contributed by atoms with Gasteiger partial charge in [0.15, 0.2) is 5.78 Å². The normalized spacial score (nSPS) is 56.9. The number of Topliss-reactive ketones (excluding diaryl/α,β-unsaturated/α-hetero) is 1. The van der Waals surface area contributed by atoms with E-state index in [1.807, 2.05) is 0 Å². The average molecular weight is 301 g/mol. The van der Waals surface area contributed by atoms with Crippen molar-refractivity contribution in [3.63, 3.8) is 0 Å². The highest BCUT2D eigenvalue weighted by Gasteiger charge is 2.75. The monoisotopic (exact) mass is 300 g/mol. The van der Waals surface area contributed by atoms with Crippen LogP contribution in [0.15, 0.2) is 0 Å². The van der Waals surface area contributed by atoms with E-state index in [0.717, 1.165) is 25.7 Å². The lowest BCUT2D eigenvalue weighted by atomic mass is 9.60. The van der Waals surface area contributed by atoms with E-state index in [9.17, 15) is 9.90 Å². The molecule has 0 spiro atoms. The van der Waals surface area contributed by atoms with Gasteiger partial charge in [-0.25, -0.2) is 0 Å². The molecule has 5 atom stereocenters. The minimum absolute atomic E-state index is 0.126. The van der Waals surface area contributed by atoms with Gasteiger partial charge in [-0.15, -0.1) is 0 Å². The maximum absolute atomic E-state index is 12.6. The number of carbonyl (C=O) groups excluding carboxylic acids is 1. The van der Waals surface area contributed by atoms with Gasteiger partial charge >= 0.3 is 0 Å². The Morgan fingerprint density at radius 2 is 2.00 bits per heavy atom. The van der Waals surface area contributed by atoms with Crippen LogP contribution in [0.2, 0.25) is 0 Å². The van der Waals surface area contributed by atoms with Crippen LogP contribution in [0.3, 0.4) is 0 Å². The van der Waals surface area contributed by atoms with Crippen LogP contribution in [0.25, 0.3) is 0 Å². The number of ketones is 1. The Morgan fingerprint density at radius 1 is 1.35 bits per heavy atom. The summed E-state index contributed by atoms with van der Waals surface area (Å²) in [5, 5.41) is 11.0. The fraction of sp³-hybridized carbons (Fsp3) is 0.929. The van der Waals surface area contributed by atoms with Crippen LogP contribution in [0.1, 0.15) is 46.5 Å². The molecule has 3 saturated carbocycles. The highest BCUT2D eigenvalue weighted by Crippen LogP contribution is 2.71. The second kappa shape index (κ2) is 3.16. The third kappa shape index (κ3) is 1.14. The molecule has 0 aliphatic heterocycles. The van der Waals surface area contributed by atoms with E-state index in [0.29, 0.717) is 11.7 Å². The maximum Gasteiger partial charge on any atom is 0.156 e. The first-order valence-corrected chi connectivity index (χ1v) is 7.52. The van der Waals surface area contributed by atoms with Gasteiger partial charge in [0.2, 0.25) is 0 Å². The molecular weight excluding hydrogens is 280 g/mol. The van der Waals surface area contributed by atoms with Crippen LogP contribution in [-0.4, -0.2) is 20.8 Å². The minimum Gasteiger partial charge on any atom is -0.389 e. The van der Waals surface area contributed by atoms with Gasteiger partial charge in [-0.2, -0.15) is 0 Å². The van der Waals surface area contributed by atoms with Crippen molar-refractivity contribution < 1.29 is 9.90 Å². The molecule has 0 saturated heterocycles. The summed E-state index contributed by atoms with van der Waals surface area (Å²) < 4.78 is -0.429. The minimum atomic E-state index is -0.656. The molecule has 3 fully saturated rings. The highest BCUT2D eigenvalue weighted by molar-refractivity contribution is 9.10. The van der Waals surface area contributed by atoms with Crippen molar-refractivity contribution in [3.05, 3.63) is 0 Å². The molecule has 0 radical (unpaired) electrons. The second-order valence-corrected chi connectivity index (χ2v) is 8.29. The molecule has 3 aliphatic carbocycles. The van der Waals surface area contributed by atoms with Gasteiger partial charge in [0.25, 0.3) is 0 Å². The van der Waals surface area contributed by atoms with Crippen molar-refractivity contribution in [2.75, 3.05) is 0 Å². The number of carbonyl (C=O) groups is 1. The number of rotatable bonds is 1. The maximum atomic E-state index is 12.6. The zero-order valence-electron chi connectivity index (χ0n) is 10.8. The number of aliphatic hydroxyl groups is 1. The predicted molar refractivity (Wildman–Crippen MR) is 70.0 cm³/mol. The molecule has 96 valence electrons. The first-order valence-electron chi connectivity index (χ1n) is 6.73. The zero-order valence-corrected chi connectivity index (χ0v) is 12.4. The van der Waals surface area contributed by atoms with Gasteiger partial charge in [0, 0.05) is 11.3 Å². The fourth-order valence-corrected chi connectivity index (χ4v) is 6.29. The van der Waals surface area contributed by atoms with E-state index in [1.165, 1.54) is 0 Å². The summed E-state index contributed by atoms with van der Waals surface area (Å²) in [6.07, 6.45) is 3.63. The topological polar surface area (TPSA) is 37.3 Å². The Morgan fingerprint density at radius 3 is 2.59 bits per heavy atom. The first kappa shape index (κ1) is 12.2. The molecule has 0 aromatic heterocycles. The third-order valence-corrected chi connectivity index (χ3v) is 7.26. The van der Waals surface area contributed by atoms with E-state index in [1.54, 1.807) is 0 Å². The fourth-order valence-electron chi connectivity index (χ4n) is 4.90. The quantitative estimate of drug-likeness (QED) is 0.756. The number of halogens is 1. The SMILES string of the molecule is CC(C)C1(O)CC[C@@]2(C)C(=O)[C@]3(Br)CC[C@H]2[C@H]13. The van der Waals surface area contributed by atoms with Crippen molar-refractivity contribution in [1.29, 1.82) is 0 Å².